The number of benzene rings is 2. The highest BCUT2D eigenvalue weighted by atomic mass is 32.2. The van der Waals surface area contributed by atoms with Crippen LogP contribution in [0.5, 0.6) is 5.75 Å². The molecule has 4 rings (SSSR count). The number of methoxy groups -OCH3 is 1. The van der Waals surface area contributed by atoms with E-state index in [1.807, 2.05) is 67.1 Å². The van der Waals surface area contributed by atoms with Crippen LogP contribution >= 0.6 is 11.8 Å². The Morgan fingerprint density at radius 3 is 2.44 bits per heavy atom. The van der Waals surface area contributed by atoms with Crippen molar-refractivity contribution in [3.63, 3.8) is 0 Å². The summed E-state index contributed by atoms with van der Waals surface area (Å²) in [5, 5.41) is 11.9. The number of hydrogen-bond acceptors (Lipinski definition) is 7. The molecule has 1 atom stereocenters. The lowest BCUT2D eigenvalue weighted by Crippen LogP contribution is -2.36. The van der Waals surface area contributed by atoms with Crippen LogP contribution in [0.2, 0.25) is 0 Å². The molecule has 0 aliphatic carbocycles. The first-order valence-electron chi connectivity index (χ1n) is 10.5. The fourth-order valence-corrected chi connectivity index (χ4v) is 4.26. The van der Waals surface area contributed by atoms with Gasteiger partial charge in [0.15, 0.2) is 11.0 Å². The highest BCUT2D eigenvalue weighted by Gasteiger charge is 2.20. The Kier molecular flexibility index (Phi) is 6.96. The van der Waals surface area contributed by atoms with Gasteiger partial charge in [0.05, 0.1) is 25.6 Å². The van der Waals surface area contributed by atoms with Crippen LogP contribution in [0.4, 0.5) is 11.4 Å². The van der Waals surface area contributed by atoms with Crippen LogP contribution in [0.1, 0.15) is 6.92 Å². The van der Waals surface area contributed by atoms with E-state index >= 15 is 0 Å². The summed E-state index contributed by atoms with van der Waals surface area (Å²) >= 11 is 1.38. The number of carbonyl (C=O) groups is 1. The maximum Gasteiger partial charge on any atom is 0.237 e. The van der Waals surface area contributed by atoms with Crippen molar-refractivity contribution in [2.45, 2.75) is 17.3 Å². The highest BCUT2D eigenvalue weighted by Crippen LogP contribution is 2.27. The van der Waals surface area contributed by atoms with E-state index in [0.717, 1.165) is 54.8 Å². The molecule has 2 heterocycles. The molecule has 1 saturated heterocycles. The Labute approximate surface area is 191 Å². The third-order valence-electron chi connectivity index (χ3n) is 5.35. The smallest absolute Gasteiger partial charge is 0.237 e. The molecule has 0 bridgehead atoms. The lowest BCUT2D eigenvalue weighted by molar-refractivity contribution is -0.115. The number of hydrogen-bond donors (Lipinski definition) is 1. The van der Waals surface area contributed by atoms with Crippen molar-refractivity contribution in [3.8, 4) is 17.1 Å². The van der Waals surface area contributed by atoms with Crippen molar-refractivity contribution >= 4 is 29.0 Å². The van der Waals surface area contributed by atoms with E-state index in [4.69, 9.17) is 9.47 Å². The van der Waals surface area contributed by atoms with Crippen molar-refractivity contribution < 1.29 is 14.3 Å². The van der Waals surface area contributed by atoms with E-state index in [0.29, 0.717) is 5.16 Å². The summed E-state index contributed by atoms with van der Waals surface area (Å²) in [5.74, 6) is 1.44. The molecule has 8 nitrogen and oxygen atoms in total. The molecule has 0 spiro atoms. The van der Waals surface area contributed by atoms with Crippen LogP contribution in [-0.4, -0.2) is 59.3 Å². The molecule has 1 aliphatic rings. The quantitative estimate of drug-likeness (QED) is 0.549. The van der Waals surface area contributed by atoms with Crippen molar-refractivity contribution in [2.24, 2.45) is 7.05 Å². The number of nitrogens with one attached hydrogen (secondary N) is 1. The van der Waals surface area contributed by atoms with Crippen LogP contribution in [0.15, 0.2) is 53.7 Å². The van der Waals surface area contributed by atoms with E-state index in [2.05, 4.69) is 20.4 Å². The minimum Gasteiger partial charge on any atom is -0.497 e. The minimum atomic E-state index is -0.333. The van der Waals surface area contributed by atoms with Crippen molar-refractivity contribution in [3.05, 3.63) is 48.5 Å². The lowest BCUT2D eigenvalue weighted by Gasteiger charge is -2.28. The first-order valence-corrected chi connectivity index (χ1v) is 11.4. The third-order valence-corrected chi connectivity index (χ3v) is 6.48. The molecule has 168 valence electrons. The van der Waals surface area contributed by atoms with Gasteiger partial charge in [-0.05, 0) is 55.5 Å². The van der Waals surface area contributed by atoms with Gasteiger partial charge >= 0.3 is 0 Å². The molecule has 1 amide bonds. The summed E-state index contributed by atoms with van der Waals surface area (Å²) in [7, 11) is 3.54. The molecular weight excluding hydrogens is 426 g/mol. The zero-order valence-electron chi connectivity index (χ0n) is 18.4. The number of thioether (sulfide) groups is 1. The number of amides is 1. The van der Waals surface area contributed by atoms with Crippen LogP contribution in [0.3, 0.4) is 0 Å². The number of morpholine rings is 1. The van der Waals surface area contributed by atoms with Crippen molar-refractivity contribution in [1.29, 1.82) is 0 Å². The van der Waals surface area contributed by atoms with E-state index in [1.165, 1.54) is 11.8 Å². The van der Waals surface area contributed by atoms with E-state index in [1.54, 1.807) is 7.11 Å². The summed E-state index contributed by atoms with van der Waals surface area (Å²) in [6, 6.07) is 15.6. The van der Waals surface area contributed by atoms with Crippen LogP contribution in [0.25, 0.3) is 11.4 Å². The molecule has 0 unspecified atom stereocenters. The van der Waals surface area contributed by atoms with Gasteiger partial charge in [0, 0.05) is 37.1 Å². The molecule has 1 N–H and O–H groups in total. The monoisotopic (exact) mass is 453 g/mol. The number of anilines is 2. The summed E-state index contributed by atoms with van der Waals surface area (Å²) in [4.78, 5) is 15.0. The van der Waals surface area contributed by atoms with Crippen molar-refractivity contribution in [2.75, 3.05) is 43.6 Å². The predicted octanol–water partition coefficient (Wildman–Crippen LogP) is 3.45. The summed E-state index contributed by atoms with van der Waals surface area (Å²) in [6.07, 6.45) is 0. The average molecular weight is 454 g/mol. The van der Waals surface area contributed by atoms with Gasteiger partial charge in [-0.1, -0.05) is 11.8 Å². The molecule has 0 radical (unpaired) electrons. The Bertz CT molecular complexity index is 1050. The standard InChI is InChI=1S/C23H27N5O3S/c1-16(22(29)24-18-6-8-19(9-7-18)28-12-14-31-15-13-28)32-23-26-25-21(27(23)2)17-4-10-20(30-3)11-5-17/h4-11,16H,12-15H2,1-3H3,(H,24,29)/t16-/m1/s1. The molecule has 1 aliphatic heterocycles. The Hall–Kier alpha value is -3.04. The van der Waals surface area contributed by atoms with Crippen LogP contribution in [-0.2, 0) is 16.6 Å². The fourth-order valence-electron chi connectivity index (χ4n) is 3.44. The second-order valence-corrected chi connectivity index (χ2v) is 8.80. The average Bonchev–Trinajstić information content (AvgIpc) is 3.20. The van der Waals surface area contributed by atoms with E-state index in [9.17, 15) is 4.79 Å². The predicted molar refractivity (Wildman–Crippen MR) is 126 cm³/mol. The minimum absolute atomic E-state index is 0.0804. The number of nitrogens with zero attached hydrogens (tertiary/aromatic N) is 4. The molecule has 1 aromatic heterocycles. The number of rotatable bonds is 7. The zero-order valence-corrected chi connectivity index (χ0v) is 19.3. The molecule has 3 aromatic rings. The fraction of sp³-hybridized carbons (Fsp3) is 0.348. The van der Waals surface area contributed by atoms with Gasteiger partial charge < -0.3 is 24.3 Å². The van der Waals surface area contributed by atoms with Gasteiger partial charge in [-0.3, -0.25) is 4.79 Å². The molecular formula is C23H27N5O3S. The summed E-state index contributed by atoms with van der Waals surface area (Å²) < 4.78 is 12.5. The molecule has 0 saturated carbocycles. The topological polar surface area (TPSA) is 81.5 Å². The normalized spacial score (nSPS) is 14.8. The first-order chi connectivity index (χ1) is 15.5. The molecule has 2 aromatic carbocycles. The highest BCUT2D eigenvalue weighted by molar-refractivity contribution is 8.00. The first kappa shape index (κ1) is 22.2. The SMILES string of the molecule is COc1ccc(-c2nnc(S[C@H](C)C(=O)Nc3ccc(N4CCOCC4)cc3)n2C)cc1. The maximum absolute atomic E-state index is 12.7. The van der Waals surface area contributed by atoms with Crippen molar-refractivity contribution in [1.82, 2.24) is 14.8 Å². The Balaban J connectivity index is 1.36. The van der Waals surface area contributed by atoms with Gasteiger partial charge in [0.1, 0.15) is 5.75 Å². The third kappa shape index (κ3) is 5.05. The van der Waals surface area contributed by atoms with Crippen LogP contribution in [0, 0.1) is 0 Å². The number of carbonyl (C=O) groups excluding carboxylic acids is 1. The van der Waals surface area contributed by atoms with Crippen LogP contribution < -0.4 is 15.0 Å². The maximum atomic E-state index is 12.7. The Morgan fingerprint density at radius 2 is 1.78 bits per heavy atom. The van der Waals surface area contributed by atoms with Gasteiger partial charge in [0.2, 0.25) is 5.91 Å². The number of aromatic nitrogens is 3. The van der Waals surface area contributed by atoms with Gasteiger partial charge in [0.25, 0.3) is 0 Å². The molecule has 32 heavy (non-hydrogen) atoms. The molecule has 1 fully saturated rings. The van der Waals surface area contributed by atoms with Gasteiger partial charge in [-0.25, -0.2) is 0 Å². The second-order valence-electron chi connectivity index (χ2n) is 7.49. The zero-order chi connectivity index (χ0) is 22.5. The number of ether oxygens (including phenoxy) is 2. The largest absolute Gasteiger partial charge is 0.497 e. The van der Waals surface area contributed by atoms with E-state index < -0.39 is 0 Å². The molecule has 9 heteroatoms. The van der Waals surface area contributed by atoms with Gasteiger partial charge in [-0.15, -0.1) is 10.2 Å². The van der Waals surface area contributed by atoms with Gasteiger partial charge in [-0.2, -0.15) is 0 Å². The van der Waals surface area contributed by atoms with E-state index in [-0.39, 0.29) is 11.2 Å². The lowest BCUT2D eigenvalue weighted by atomic mass is 10.2. The summed E-state index contributed by atoms with van der Waals surface area (Å²) in [5.41, 5.74) is 2.85. The Morgan fingerprint density at radius 1 is 1.09 bits per heavy atom. The summed E-state index contributed by atoms with van der Waals surface area (Å²) in [6.45, 7) is 5.12. The second kappa shape index (κ2) is 10.1.